The zero-order chi connectivity index (χ0) is 22.1. The van der Waals surface area contributed by atoms with E-state index in [2.05, 4.69) is 4.98 Å². The van der Waals surface area contributed by atoms with Gasteiger partial charge in [-0.3, -0.25) is 9.78 Å². The van der Waals surface area contributed by atoms with Gasteiger partial charge in [0.05, 0.1) is 5.69 Å². The number of carbonyl (C=O) groups excluding carboxylic acids is 2. The minimum atomic E-state index is -0.990. The van der Waals surface area contributed by atoms with Gasteiger partial charge in [0.25, 0.3) is 5.91 Å². The van der Waals surface area contributed by atoms with E-state index in [1.54, 1.807) is 50.6 Å². The lowest BCUT2D eigenvalue weighted by molar-refractivity contribution is -0.155. The second-order valence-electron chi connectivity index (χ2n) is 6.97. The molecule has 1 amide bonds. The Kier molecular flexibility index (Phi) is 7.54. The Labute approximate surface area is 181 Å². The molecule has 3 aromatic rings. The largest absolute Gasteiger partial charge is 0.487 e. The molecule has 0 radical (unpaired) electrons. The van der Waals surface area contributed by atoms with Gasteiger partial charge in [-0.2, -0.15) is 0 Å². The van der Waals surface area contributed by atoms with Crippen molar-refractivity contribution in [1.82, 2.24) is 9.88 Å². The van der Waals surface area contributed by atoms with Gasteiger partial charge in [0.2, 0.25) is 6.10 Å². The monoisotopic (exact) mass is 416 g/mol. The molecule has 31 heavy (non-hydrogen) atoms. The summed E-state index contributed by atoms with van der Waals surface area (Å²) in [5.41, 5.74) is 2.27. The van der Waals surface area contributed by atoms with Crippen molar-refractivity contribution in [3.05, 3.63) is 102 Å². The molecule has 0 saturated heterocycles. The van der Waals surface area contributed by atoms with Gasteiger partial charge in [0.1, 0.15) is 12.4 Å². The van der Waals surface area contributed by atoms with Crippen LogP contribution in [0.1, 0.15) is 22.9 Å². The lowest BCUT2D eigenvalue weighted by atomic mass is 10.1. The number of benzene rings is 2. The number of rotatable bonds is 8. The van der Waals surface area contributed by atoms with Gasteiger partial charge in [0, 0.05) is 31.9 Å². The summed E-state index contributed by atoms with van der Waals surface area (Å²) in [6.45, 7) is 0.378. The number of hydrogen-bond acceptors (Lipinski definition) is 5. The first-order valence-corrected chi connectivity index (χ1v) is 9.80. The zero-order valence-corrected chi connectivity index (χ0v) is 17.5. The van der Waals surface area contributed by atoms with E-state index in [0.717, 1.165) is 11.3 Å². The second kappa shape index (κ2) is 10.7. The van der Waals surface area contributed by atoms with Crippen LogP contribution in [0.3, 0.4) is 0 Å². The summed E-state index contributed by atoms with van der Waals surface area (Å²) in [6, 6.07) is 21.9. The van der Waals surface area contributed by atoms with Gasteiger partial charge in [-0.1, -0.05) is 48.5 Å². The number of aromatic nitrogens is 1. The first kappa shape index (κ1) is 21.8. The molecule has 6 heteroatoms. The quantitative estimate of drug-likeness (QED) is 0.409. The Balaban J connectivity index is 1.59. The summed E-state index contributed by atoms with van der Waals surface area (Å²) in [5, 5.41) is 0. The van der Waals surface area contributed by atoms with Crippen LogP contribution in [-0.2, 0) is 20.9 Å². The molecule has 0 bridgehead atoms. The smallest absolute Gasteiger partial charge is 0.331 e. The van der Waals surface area contributed by atoms with Crippen molar-refractivity contribution in [2.75, 3.05) is 14.1 Å². The summed E-state index contributed by atoms with van der Waals surface area (Å²) in [7, 11) is 3.25. The molecular formula is C25H24N2O4. The average molecular weight is 416 g/mol. The maximum Gasteiger partial charge on any atom is 0.331 e. The number of pyridine rings is 1. The molecule has 1 atom stereocenters. The van der Waals surface area contributed by atoms with E-state index in [1.807, 2.05) is 48.5 Å². The van der Waals surface area contributed by atoms with Crippen LogP contribution in [-0.4, -0.2) is 35.9 Å². The van der Waals surface area contributed by atoms with Crippen LogP contribution >= 0.6 is 0 Å². The van der Waals surface area contributed by atoms with Crippen molar-refractivity contribution in [1.29, 1.82) is 0 Å². The predicted octanol–water partition coefficient (Wildman–Crippen LogP) is 4.05. The van der Waals surface area contributed by atoms with E-state index in [0.29, 0.717) is 17.9 Å². The standard InChI is InChI=1S/C25H24N2O4/c1-27(2)25(29)24(20-8-4-3-5-9-20)31-23(28)16-13-19-11-14-22(15-12-19)30-18-21-10-6-7-17-26-21/h3-17,24H,18H2,1-2H3. The molecule has 3 rings (SSSR count). The van der Waals surface area contributed by atoms with Crippen molar-refractivity contribution in [2.45, 2.75) is 12.7 Å². The van der Waals surface area contributed by atoms with Crippen molar-refractivity contribution in [3.63, 3.8) is 0 Å². The summed E-state index contributed by atoms with van der Waals surface area (Å²) in [5.74, 6) is -0.201. The SMILES string of the molecule is CN(C)C(=O)C(OC(=O)C=Cc1ccc(OCc2ccccn2)cc1)c1ccccc1. The van der Waals surface area contributed by atoms with E-state index in [4.69, 9.17) is 9.47 Å². The third-order valence-electron chi connectivity index (χ3n) is 4.41. The van der Waals surface area contributed by atoms with Crippen molar-refractivity contribution in [2.24, 2.45) is 0 Å². The van der Waals surface area contributed by atoms with E-state index in [1.165, 1.54) is 11.0 Å². The Morgan fingerprint density at radius 3 is 2.32 bits per heavy atom. The minimum absolute atomic E-state index is 0.303. The molecule has 1 heterocycles. The highest BCUT2D eigenvalue weighted by atomic mass is 16.5. The highest BCUT2D eigenvalue weighted by molar-refractivity contribution is 5.90. The first-order valence-electron chi connectivity index (χ1n) is 9.80. The molecule has 0 aliphatic heterocycles. The summed E-state index contributed by atoms with van der Waals surface area (Å²) in [6.07, 6.45) is 3.67. The van der Waals surface area contributed by atoms with Gasteiger partial charge in [-0.25, -0.2) is 4.79 Å². The van der Waals surface area contributed by atoms with Crippen molar-refractivity contribution in [3.8, 4) is 5.75 Å². The van der Waals surface area contributed by atoms with Crippen molar-refractivity contribution >= 4 is 18.0 Å². The first-order chi connectivity index (χ1) is 15.0. The number of hydrogen-bond donors (Lipinski definition) is 0. The Hall–Kier alpha value is -3.93. The lowest BCUT2D eigenvalue weighted by Crippen LogP contribution is -2.30. The fourth-order valence-electron chi connectivity index (χ4n) is 2.76. The van der Waals surface area contributed by atoms with Crippen LogP contribution in [0.4, 0.5) is 0 Å². The van der Waals surface area contributed by atoms with Gasteiger partial charge in [-0.05, 0) is 35.9 Å². The number of esters is 1. The van der Waals surface area contributed by atoms with Crippen LogP contribution in [0.2, 0.25) is 0 Å². The number of carbonyl (C=O) groups is 2. The maximum atomic E-state index is 12.5. The number of likely N-dealkylation sites (N-methyl/N-ethyl adjacent to an activating group) is 1. The normalized spacial score (nSPS) is 11.7. The Morgan fingerprint density at radius 2 is 1.68 bits per heavy atom. The molecule has 1 aromatic heterocycles. The predicted molar refractivity (Wildman–Crippen MR) is 118 cm³/mol. The molecule has 2 aromatic carbocycles. The van der Waals surface area contributed by atoms with Gasteiger partial charge >= 0.3 is 5.97 Å². The average Bonchev–Trinajstić information content (AvgIpc) is 2.81. The molecule has 158 valence electrons. The van der Waals surface area contributed by atoms with Crippen molar-refractivity contribution < 1.29 is 19.1 Å². The van der Waals surface area contributed by atoms with Crippen LogP contribution < -0.4 is 4.74 Å². The summed E-state index contributed by atoms with van der Waals surface area (Å²) in [4.78, 5) is 30.4. The molecule has 0 N–H and O–H groups in total. The number of amides is 1. The van der Waals surface area contributed by atoms with Crippen LogP contribution in [0.25, 0.3) is 6.08 Å². The zero-order valence-electron chi connectivity index (χ0n) is 17.5. The van der Waals surface area contributed by atoms with Gasteiger partial charge < -0.3 is 14.4 Å². The molecule has 0 aliphatic carbocycles. The minimum Gasteiger partial charge on any atom is -0.487 e. The molecule has 6 nitrogen and oxygen atoms in total. The van der Waals surface area contributed by atoms with E-state index < -0.39 is 12.1 Å². The number of nitrogens with zero attached hydrogens (tertiary/aromatic N) is 2. The molecule has 0 fully saturated rings. The van der Waals surface area contributed by atoms with Crippen LogP contribution in [0.5, 0.6) is 5.75 Å². The molecular weight excluding hydrogens is 392 g/mol. The Morgan fingerprint density at radius 1 is 0.968 bits per heavy atom. The highest BCUT2D eigenvalue weighted by Crippen LogP contribution is 2.20. The Bertz CT molecular complexity index is 1020. The van der Waals surface area contributed by atoms with E-state index >= 15 is 0 Å². The third-order valence-corrected chi connectivity index (χ3v) is 4.41. The fraction of sp³-hybridized carbons (Fsp3) is 0.160. The second-order valence-corrected chi connectivity index (χ2v) is 6.97. The van der Waals surface area contributed by atoms with E-state index in [9.17, 15) is 9.59 Å². The third kappa shape index (κ3) is 6.54. The number of ether oxygens (including phenoxy) is 2. The van der Waals surface area contributed by atoms with Crippen LogP contribution in [0, 0.1) is 0 Å². The van der Waals surface area contributed by atoms with E-state index in [-0.39, 0.29) is 5.91 Å². The summed E-state index contributed by atoms with van der Waals surface area (Å²) < 4.78 is 11.1. The van der Waals surface area contributed by atoms with Gasteiger partial charge in [-0.15, -0.1) is 0 Å². The summed E-state index contributed by atoms with van der Waals surface area (Å²) >= 11 is 0. The van der Waals surface area contributed by atoms with Crippen LogP contribution in [0.15, 0.2) is 85.1 Å². The topological polar surface area (TPSA) is 68.7 Å². The fourth-order valence-corrected chi connectivity index (χ4v) is 2.76. The highest BCUT2D eigenvalue weighted by Gasteiger charge is 2.25. The molecule has 0 aliphatic rings. The molecule has 0 saturated carbocycles. The lowest BCUT2D eigenvalue weighted by Gasteiger charge is -2.20. The molecule has 0 spiro atoms. The molecule has 1 unspecified atom stereocenters. The maximum absolute atomic E-state index is 12.5. The van der Waals surface area contributed by atoms with Gasteiger partial charge in [0.15, 0.2) is 0 Å².